The maximum Gasteiger partial charge on any atom is 0.352 e. The highest BCUT2D eigenvalue weighted by atomic mass is 35.5. The van der Waals surface area contributed by atoms with Crippen LogP contribution in [0.3, 0.4) is 0 Å². The van der Waals surface area contributed by atoms with Gasteiger partial charge in [-0.2, -0.15) is 0 Å². The molecule has 1 N–H and O–H groups in total. The van der Waals surface area contributed by atoms with Crippen molar-refractivity contribution in [1.82, 2.24) is 13.9 Å². The number of hydrogen-bond acceptors (Lipinski definition) is 6. The zero-order valence-electron chi connectivity index (χ0n) is 23.5. The van der Waals surface area contributed by atoms with E-state index >= 15 is 0 Å². The lowest BCUT2D eigenvalue weighted by Gasteiger charge is -2.49. The highest BCUT2D eigenvalue weighted by Crippen LogP contribution is 2.64. The van der Waals surface area contributed by atoms with Crippen molar-refractivity contribution in [1.29, 1.82) is 0 Å². The van der Waals surface area contributed by atoms with Gasteiger partial charge in [-0.1, -0.05) is 42.5 Å². The molecular weight excluding hydrogens is 626 g/mol. The van der Waals surface area contributed by atoms with Crippen LogP contribution in [0, 0.1) is 5.82 Å². The molecule has 2 aliphatic heterocycles. The second-order valence-electron chi connectivity index (χ2n) is 11.1. The van der Waals surface area contributed by atoms with E-state index in [4.69, 9.17) is 27.9 Å². The zero-order chi connectivity index (χ0) is 31.7. The summed E-state index contributed by atoms with van der Waals surface area (Å²) in [5.74, 6) is -3.07. The molecule has 1 aromatic heterocycles. The lowest BCUT2D eigenvalue weighted by molar-refractivity contribution is -0.122. The third kappa shape index (κ3) is 4.04. The number of rotatable bonds is 6. The van der Waals surface area contributed by atoms with Crippen LogP contribution in [0.2, 0.25) is 0 Å². The molecule has 4 atom stereocenters. The summed E-state index contributed by atoms with van der Waals surface area (Å²) in [4.78, 5) is 53.0. The van der Waals surface area contributed by atoms with Crippen LogP contribution in [0.25, 0.3) is 5.69 Å². The van der Waals surface area contributed by atoms with Crippen molar-refractivity contribution in [3.63, 3.8) is 0 Å². The van der Waals surface area contributed by atoms with Crippen LogP contribution < -0.4 is 21.0 Å². The van der Waals surface area contributed by atoms with Crippen LogP contribution in [0.5, 0.6) is 5.75 Å². The molecule has 230 valence electrons. The van der Waals surface area contributed by atoms with E-state index in [9.17, 15) is 28.7 Å². The number of hydrogen-bond donors (Lipinski definition) is 1. The fraction of sp³-hybridized carbons (Fsp3) is 0.250. The average Bonchev–Trinajstić information content (AvgIpc) is 3.39. The molecule has 4 unspecified atom stereocenters. The van der Waals surface area contributed by atoms with Crippen LogP contribution in [-0.4, -0.2) is 53.8 Å². The highest BCUT2D eigenvalue weighted by Gasteiger charge is 2.76. The van der Waals surface area contributed by atoms with Crippen molar-refractivity contribution in [2.45, 2.75) is 34.7 Å². The predicted octanol–water partition coefficient (Wildman–Crippen LogP) is 3.51. The first-order valence-corrected chi connectivity index (χ1v) is 14.9. The molecule has 0 spiro atoms. The molecule has 7 rings (SSSR count). The van der Waals surface area contributed by atoms with Crippen LogP contribution >= 0.6 is 23.2 Å². The van der Waals surface area contributed by atoms with Crippen molar-refractivity contribution in [2.75, 3.05) is 18.1 Å². The fourth-order valence-corrected chi connectivity index (χ4v) is 7.72. The Morgan fingerprint density at radius 2 is 1.56 bits per heavy atom. The quantitative estimate of drug-likeness (QED) is 0.194. The fourth-order valence-electron chi connectivity index (χ4n) is 6.81. The number of aliphatic hydroxyl groups is 1. The van der Waals surface area contributed by atoms with E-state index in [0.29, 0.717) is 16.8 Å². The van der Waals surface area contributed by atoms with Gasteiger partial charge in [0.05, 0.1) is 30.6 Å². The molecule has 0 radical (unpaired) electrons. The molecule has 45 heavy (non-hydrogen) atoms. The second kappa shape index (κ2) is 10.6. The Hall–Kier alpha value is -4.45. The summed E-state index contributed by atoms with van der Waals surface area (Å²) in [5.41, 5.74) is 0.0925. The molecule has 1 saturated carbocycles. The van der Waals surface area contributed by atoms with Crippen LogP contribution in [-0.2, 0) is 16.1 Å². The van der Waals surface area contributed by atoms with E-state index in [1.165, 1.54) is 21.5 Å². The highest BCUT2D eigenvalue weighted by molar-refractivity contribution is 6.58. The standard InChI is InChI=1S/C32H25Cl2FN4O6/c33-31-18-24-22(14-15-36-29(43)38(30(44)39(24)36)20-6-2-1-3-7-20)26(23-8-4-5-9-25(23)45-17-16-40)32(31,34)28(42)37(27(31)41)21-12-10-19(35)11-13-21/h1-14,24,26,40H,15-18H2. The van der Waals surface area contributed by atoms with Crippen LogP contribution in [0.1, 0.15) is 23.9 Å². The smallest absolute Gasteiger partial charge is 0.352 e. The summed E-state index contributed by atoms with van der Waals surface area (Å²) in [7, 11) is 0. The number of amides is 2. The largest absolute Gasteiger partial charge is 0.491 e. The maximum absolute atomic E-state index is 14.5. The van der Waals surface area contributed by atoms with E-state index in [2.05, 4.69) is 0 Å². The monoisotopic (exact) mass is 650 g/mol. The molecule has 4 aromatic rings. The van der Waals surface area contributed by atoms with Crippen molar-refractivity contribution in [2.24, 2.45) is 0 Å². The number of carbonyl (C=O) groups excluding carboxylic acids is 2. The summed E-state index contributed by atoms with van der Waals surface area (Å²) in [6.45, 7) is -0.386. The van der Waals surface area contributed by atoms with E-state index in [-0.39, 0.29) is 37.6 Å². The number of benzene rings is 3. The molecule has 2 amide bonds. The third-order valence-electron chi connectivity index (χ3n) is 8.76. The number of aromatic nitrogens is 3. The average molecular weight is 651 g/mol. The number of alkyl halides is 2. The maximum atomic E-state index is 14.5. The van der Waals surface area contributed by atoms with Gasteiger partial charge in [0.1, 0.15) is 18.2 Å². The number of imide groups is 1. The molecule has 1 saturated heterocycles. The number of ether oxygens (including phenoxy) is 1. The van der Waals surface area contributed by atoms with Gasteiger partial charge in [0.2, 0.25) is 0 Å². The van der Waals surface area contributed by atoms with Gasteiger partial charge in [-0.05, 0) is 48.0 Å². The van der Waals surface area contributed by atoms with Crippen molar-refractivity contribution in [3.8, 4) is 11.4 Å². The van der Waals surface area contributed by atoms with Gasteiger partial charge in [0.25, 0.3) is 11.8 Å². The van der Waals surface area contributed by atoms with E-state index in [1.807, 2.05) is 0 Å². The topological polar surface area (TPSA) is 116 Å². The Balaban J connectivity index is 1.47. The molecular formula is C32H25Cl2FN4O6. The minimum absolute atomic E-state index is 0.0258. The summed E-state index contributed by atoms with van der Waals surface area (Å²) in [6, 6.07) is 19.0. The van der Waals surface area contributed by atoms with Crippen molar-refractivity contribution >= 4 is 40.7 Å². The van der Waals surface area contributed by atoms with Gasteiger partial charge in [0.15, 0.2) is 9.75 Å². The van der Waals surface area contributed by atoms with Gasteiger partial charge in [-0.3, -0.25) is 9.59 Å². The SMILES string of the molecule is O=C1N(c2ccc(F)cc2)C(=O)C2(Cl)C(c3ccccc3OCCO)C3=CCn4c(=O)n(-c5ccccc5)c(=O)n4C3CC12Cl. The molecule has 3 aliphatic rings. The molecule has 3 aromatic carbocycles. The Kier molecular flexibility index (Phi) is 6.88. The van der Waals surface area contributed by atoms with Crippen LogP contribution in [0.15, 0.2) is 100 Å². The molecule has 2 fully saturated rings. The number of aliphatic hydroxyl groups excluding tert-OH is 1. The minimum Gasteiger partial charge on any atom is -0.491 e. The van der Waals surface area contributed by atoms with Gasteiger partial charge in [0, 0.05) is 17.9 Å². The first-order chi connectivity index (χ1) is 21.6. The number of allylic oxidation sites excluding steroid dienone is 2. The normalized spacial score (nSPS) is 25.4. The lowest BCUT2D eigenvalue weighted by atomic mass is 9.64. The van der Waals surface area contributed by atoms with E-state index in [0.717, 1.165) is 21.6 Å². The molecule has 1 aliphatic carbocycles. The Morgan fingerprint density at radius 3 is 2.27 bits per heavy atom. The lowest BCUT2D eigenvalue weighted by Crippen LogP contribution is -2.59. The first-order valence-electron chi connectivity index (χ1n) is 14.2. The summed E-state index contributed by atoms with van der Waals surface area (Å²) in [6.07, 6.45) is 1.42. The van der Waals surface area contributed by atoms with Crippen molar-refractivity contribution < 1.29 is 23.8 Å². The Morgan fingerprint density at radius 1 is 0.867 bits per heavy atom. The van der Waals surface area contributed by atoms with E-state index < -0.39 is 50.7 Å². The van der Waals surface area contributed by atoms with Gasteiger partial charge < -0.3 is 9.84 Å². The molecule has 3 heterocycles. The first kappa shape index (κ1) is 29.3. The number of nitrogens with zero attached hydrogens (tertiary/aromatic N) is 4. The second-order valence-corrected chi connectivity index (χ2v) is 12.3. The van der Waals surface area contributed by atoms with Gasteiger partial charge >= 0.3 is 11.4 Å². The number of halogens is 3. The Labute approximate surface area is 265 Å². The Bertz CT molecular complexity index is 2010. The summed E-state index contributed by atoms with van der Waals surface area (Å²) >= 11 is 14.7. The number of carbonyl (C=O) groups is 2. The van der Waals surface area contributed by atoms with Crippen molar-refractivity contribution in [3.05, 3.63) is 123 Å². The number of fused-ring (bicyclic) bond motifs is 4. The molecule has 13 heteroatoms. The van der Waals surface area contributed by atoms with E-state index in [1.54, 1.807) is 60.7 Å². The predicted molar refractivity (Wildman–Crippen MR) is 164 cm³/mol. The van der Waals surface area contributed by atoms with Crippen LogP contribution in [0.4, 0.5) is 10.1 Å². The minimum atomic E-state index is -2.13. The third-order valence-corrected chi connectivity index (χ3v) is 10.2. The number of para-hydroxylation sites is 2. The molecule has 0 bridgehead atoms. The van der Waals surface area contributed by atoms with Gasteiger partial charge in [-0.15, -0.1) is 23.2 Å². The number of anilines is 1. The van der Waals surface area contributed by atoms with Gasteiger partial charge in [-0.25, -0.2) is 32.8 Å². The molecule has 10 nitrogen and oxygen atoms in total. The summed E-state index contributed by atoms with van der Waals surface area (Å²) in [5, 5.41) is 9.49. The zero-order valence-corrected chi connectivity index (χ0v) is 25.0. The summed E-state index contributed by atoms with van der Waals surface area (Å²) < 4.78 is 23.3.